The number of hydrogen-bond acceptors (Lipinski definition) is 3. The first kappa shape index (κ1) is 17.4. The lowest BCUT2D eigenvalue weighted by molar-refractivity contribution is 0.0998. The molecule has 27 heavy (non-hydrogen) atoms. The Hall–Kier alpha value is -3.01. The molecule has 2 aliphatic rings. The summed E-state index contributed by atoms with van der Waals surface area (Å²) < 4.78 is 44.6. The third-order valence-electron chi connectivity index (χ3n) is 4.64. The molecule has 1 saturated heterocycles. The topological polar surface area (TPSA) is 51.2 Å². The average Bonchev–Trinajstić information content (AvgIpc) is 3.06. The first-order valence-corrected chi connectivity index (χ1v) is 8.47. The number of benzene rings is 1. The van der Waals surface area contributed by atoms with Crippen molar-refractivity contribution in [1.82, 2.24) is 10.3 Å². The molecular formula is C20H15F3N2O2. The van der Waals surface area contributed by atoms with Gasteiger partial charge in [-0.15, -0.1) is 0 Å². The Balaban J connectivity index is 1.55. The van der Waals surface area contributed by atoms with Crippen molar-refractivity contribution in [2.24, 2.45) is 5.92 Å². The van der Waals surface area contributed by atoms with E-state index >= 15 is 0 Å². The summed E-state index contributed by atoms with van der Waals surface area (Å²) in [5.74, 6) is 1.91. The Kier molecular flexibility index (Phi) is 4.27. The molecular weight excluding hydrogens is 357 g/mol. The fraction of sp³-hybridized carbons (Fsp3) is 0.300. The first-order valence-electron chi connectivity index (χ1n) is 8.47. The van der Waals surface area contributed by atoms with Crippen LogP contribution in [0.2, 0.25) is 0 Å². The quantitative estimate of drug-likeness (QED) is 0.824. The van der Waals surface area contributed by atoms with Gasteiger partial charge >= 0.3 is 6.09 Å². The molecule has 0 radical (unpaired) electrons. The highest BCUT2D eigenvalue weighted by atomic mass is 19.3. The number of hydrogen-bond donors (Lipinski definition) is 1. The second kappa shape index (κ2) is 6.62. The molecule has 3 atom stereocenters. The summed E-state index contributed by atoms with van der Waals surface area (Å²) >= 11 is 0. The maximum absolute atomic E-state index is 13.5. The van der Waals surface area contributed by atoms with Gasteiger partial charge in [-0.2, -0.15) is 0 Å². The Bertz CT molecular complexity index is 951. The van der Waals surface area contributed by atoms with Crippen LogP contribution in [0.1, 0.15) is 41.7 Å². The van der Waals surface area contributed by atoms with E-state index in [9.17, 15) is 18.0 Å². The molecule has 0 bridgehead atoms. The van der Waals surface area contributed by atoms with Crippen LogP contribution in [-0.4, -0.2) is 17.0 Å². The standard InChI is InChI=1S/C20H15F3N2O2/c21-16-6-2-4-13(8-16)18-17(25-19(26)27-18)14-7-12(10-24-11-14)3-1-5-15-9-20(15,22)23/h2,4,6-8,10-11,15,17-18H,5,9H2,(H,25,26)/t15?,17-,18-/m1/s1. The second-order valence-electron chi connectivity index (χ2n) is 6.68. The molecule has 4 nitrogen and oxygen atoms in total. The van der Waals surface area contributed by atoms with Crippen molar-refractivity contribution < 1.29 is 22.7 Å². The number of halogens is 3. The summed E-state index contributed by atoms with van der Waals surface area (Å²) in [4.78, 5) is 15.9. The van der Waals surface area contributed by atoms with E-state index in [1.165, 1.54) is 18.3 Å². The minimum absolute atomic E-state index is 0.110. The van der Waals surface area contributed by atoms with E-state index in [-0.39, 0.29) is 12.8 Å². The second-order valence-corrected chi connectivity index (χ2v) is 6.68. The molecule has 1 aromatic heterocycles. The van der Waals surface area contributed by atoms with E-state index in [1.807, 2.05) is 0 Å². The largest absolute Gasteiger partial charge is 0.439 e. The van der Waals surface area contributed by atoms with Gasteiger partial charge in [0.2, 0.25) is 0 Å². The van der Waals surface area contributed by atoms with Gasteiger partial charge in [0.25, 0.3) is 5.92 Å². The van der Waals surface area contributed by atoms with Crippen molar-refractivity contribution in [3.05, 3.63) is 65.2 Å². The molecule has 1 aromatic carbocycles. The van der Waals surface area contributed by atoms with E-state index < -0.39 is 35.9 Å². The molecule has 2 heterocycles. The Morgan fingerprint density at radius 3 is 2.81 bits per heavy atom. The van der Waals surface area contributed by atoms with Gasteiger partial charge in [0, 0.05) is 36.7 Å². The van der Waals surface area contributed by atoms with Crippen molar-refractivity contribution in [3.63, 3.8) is 0 Å². The van der Waals surface area contributed by atoms with E-state index in [0.29, 0.717) is 16.7 Å². The fourth-order valence-electron chi connectivity index (χ4n) is 3.09. The number of pyridine rings is 1. The minimum Gasteiger partial charge on any atom is -0.439 e. The predicted octanol–water partition coefficient (Wildman–Crippen LogP) is 4.14. The molecule has 0 spiro atoms. The number of carbonyl (C=O) groups is 1. The number of rotatable bonds is 3. The molecule has 4 rings (SSSR count). The summed E-state index contributed by atoms with van der Waals surface area (Å²) in [7, 11) is 0. The van der Waals surface area contributed by atoms with Gasteiger partial charge < -0.3 is 10.1 Å². The Morgan fingerprint density at radius 1 is 1.26 bits per heavy atom. The van der Waals surface area contributed by atoms with Gasteiger partial charge in [-0.05, 0) is 29.3 Å². The van der Waals surface area contributed by atoms with Crippen LogP contribution in [0.15, 0.2) is 42.7 Å². The third kappa shape index (κ3) is 3.75. The summed E-state index contributed by atoms with van der Waals surface area (Å²) in [6.07, 6.45) is 1.79. The van der Waals surface area contributed by atoms with Crippen LogP contribution in [0.4, 0.5) is 18.0 Å². The van der Waals surface area contributed by atoms with Crippen LogP contribution in [0.5, 0.6) is 0 Å². The molecule has 1 unspecified atom stereocenters. The lowest BCUT2D eigenvalue weighted by Crippen LogP contribution is -2.19. The lowest BCUT2D eigenvalue weighted by atomic mass is 9.97. The van der Waals surface area contributed by atoms with E-state index in [4.69, 9.17) is 4.74 Å². The summed E-state index contributed by atoms with van der Waals surface area (Å²) in [5, 5.41) is 2.69. The monoisotopic (exact) mass is 372 g/mol. The summed E-state index contributed by atoms with van der Waals surface area (Å²) in [6, 6.07) is 7.00. The molecule has 1 aliphatic heterocycles. The molecule has 1 saturated carbocycles. The molecule has 1 amide bonds. The minimum atomic E-state index is -2.58. The van der Waals surface area contributed by atoms with Gasteiger partial charge in [-0.1, -0.05) is 24.0 Å². The summed E-state index contributed by atoms with van der Waals surface area (Å²) in [5.41, 5.74) is 1.71. The maximum atomic E-state index is 13.5. The van der Waals surface area contributed by atoms with Crippen molar-refractivity contribution in [2.75, 3.05) is 0 Å². The maximum Gasteiger partial charge on any atom is 0.408 e. The van der Waals surface area contributed by atoms with Crippen molar-refractivity contribution >= 4 is 6.09 Å². The zero-order valence-electron chi connectivity index (χ0n) is 14.1. The number of alkyl carbamates (subject to hydrolysis) is 1. The highest BCUT2D eigenvalue weighted by Gasteiger charge is 2.56. The van der Waals surface area contributed by atoms with Gasteiger partial charge in [0.05, 0.1) is 0 Å². The predicted molar refractivity (Wildman–Crippen MR) is 90.3 cm³/mol. The Labute approximate surface area is 153 Å². The number of ether oxygens (including phenoxy) is 1. The smallest absolute Gasteiger partial charge is 0.408 e. The number of nitrogens with zero attached hydrogens (tertiary/aromatic N) is 1. The molecule has 138 valence electrons. The molecule has 1 N–H and O–H groups in total. The average molecular weight is 372 g/mol. The van der Waals surface area contributed by atoms with Gasteiger partial charge in [0.1, 0.15) is 11.9 Å². The summed E-state index contributed by atoms with van der Waals surface area (Å²) in [6.45, 7) is 0. The van der Waals surface area contributed by atoms with E-state index in [2.05, 4.69) is 22.1 Å². The SMILES string of the molecule is O=C1N[C@H](c2cncc(C#CCC3CC3(F)F)c2)[C@@H](c2cccc(F)c2)O1. The zero-order valence-corrected chi connectivity index (χ0v) is 14.1. The van der Waals surface area contributed by atoms with Crippen molar-refractivity contribution in [1.29, 1.82) is 0 Å². The van der Waals surface area contributed by atoms with Crippen LogP contribution in [-0.2, 0) is 4.74 Å². The number of amides is 1. The van der Waals surface area contributed by atoms with Crippen LogP contribution < -0.4 is 5.32 Å². The van der Waals surface area contributed by atoms with Gasteiger partial charge in [-0.25, -0.2) is 18.0 Å². The number of nitrogens with one attached hydrogen (secondary N) is 1. The number of aromatic nitrogens is 1. The molecule has 1 aliphatic carbocycles. The van der Waals surface area contributed by atoms with Crippen LogP contribution in [0.25, 0.3) is 0 Å². The zero-order chi connectivity index (χ0) is 19.0. The van der Waals surface area contributed by atoms with Gasteiger partial charge in [0.15, 0.2) is 6.10 Å². The lowest BCUT2D eigenvalue weighted by Gasteiger charge is -2.17. The molecule has 7 heteroatoms. The third-order valence-corrected chi connectivity index (χ3v) is 4.64. The molecule has 2 fully saturated rings. The van der Waals surface area contributed by atoms with E-state index in [0.717, 1.165) is 0 Å². The highest BCUT2D eigenvalue weighted by molar-refractivity contribution is 5.71. The number of cyclic esters (lactones) is 1. The number of carbonyl (C=O) groups excluding carboxylic acids is 1. The van der Waals surface area contributed by atoms with Crippen LogP contribution in [0, 0.1) is 23.6 Å². The van der Waals surface area contributed by atoms with Crippen molar-refractivity contribution in [2.45, 2.75) is 30.9 Å². The van der Waals surface area contributed by atoms with Crippen LogP contribution in [0.3, 0.4) is 0 Å². The van der Waals surface area contributed by atoms with Crippen molar-refractivity contribution in [3.8, 4) is 11.8 Å². The Morgan fingerprint density at radius 2 is 2.07 bits per heavy atom. The molecule has 2 aromatic rings. The normalized spacial score (nSPS) is 25.1. The van der Waals surface area contributed by atoms with E-state index in [1.54, 1.807) is 24.4 Å². The first-order chi connectivity index (χ1) is 12.9. The van der Waals surface area contributed by atoms with Gasteiger partial charge in [-0.3, -0.25) is 4.98 Å². The highest BCUT2D eigenvalue weighted by Crippen LogP contribution is 2.50. The van der Waals surface area contributed by atoms with Crippen LogP contribution >= 0.6 is 0 Å². The fourth-order valence-corrected chi connectivity index (χ4v) is 3.09. The number of alkyl halides is 2.